The molecule has 0 aliphatic rings. The van der Waals surface area contributed by atoms with Crippen molar-refractivity contribution in [3.8, 4) is 5.75 Å². The van der Waals surface area contributed by atoms with Gasteiger partial charge in [0.15, 0.2) is 5.78 Å². The van der Waals surface area contributed by atoms with Crippen molar-refractivity contribution in [2.24, 2.45) is 5.73 Å². The first-order valence-electron chi connectivity index (χ1n) is 5.86. The predicted molar refractivity (Wildman–Crippen MR) is 77.4 cm³/mol. The summed E-state index contributed by atoms with van der Waals surface area (Å²) < 4.78 is 0. The van der Waals surface area contributed by atoms with Crippen molar-refractivity contribution in [2.45, 2.75) is 0 Å². The fourth-order valence-corrected chi connectivity index (χ4v) is 1.41. The molecule has 0 radical (unpaired) electrons. The molecular formula is C16H15NO3. The second-order valence-electron chi connectivity index (χ2n) is 3.82. The lowest BCUT2D eigenvalue weighted by Crippen LogP contribution is -2.04. The average Bonchev–Trinajstić information content (AvgIpc) is 2.48. The van der Waals surface area contributed by atoms with Gasteiger partial charge in [0.1, 0.15) is 5.75 Å². The number of phenolic OH excluding ortho intramolecular Hbond substituents is 1. The van der Waals surface area contributed by atoms with Crippen LogP contribution < -0.4 is 5.73 Å². The Morgan fingerprint density at radius 2 is 1.50 bits per heavy atom. The number of para-hydroxylation sites is 1. The third kappa shape index (κ3) is 4.42. The quantitative estimate of drug-likeness (QED) is 0.662. The van der Waals surface area contributed by atoms with E-state index >= 15 is 0 Å². The molecule has 2 rings (SSSR count). The van der Waals surface area contributed by atoms with Crippen LogP contribution in [-0.4, -0.2) is 16.8 Å². The highest BCUT2D eigenvalue weighted by molar-refractivity contribution is 6.10. The fourth-order valence-electron chi connectivity index (χ4n) is 1.41. The summed E-state index contributed by atoms with van der Waals surface area (Å²) in [6.45, 7) is 3.09. The second-order valence-corrected chi connectivity index (χ2v) is 3.82. The van der Waals surface area contributed by atoms with Crippen molar-refractivity contribution in [2.75, 3.05) is 0 Å². The Kier molecular flexibility index (Phi) is 5.72. The highest BCUT2D eigenvalue weighted by Crippen LogP contribution is 2.19. The van der Waals surface area contributed by atoms with Crippen molar-refractivity contribution in [1.82, 2.24) is 0 Å². The molecule has 20 heavy (non-hydrogen) atoms. The molecule has 3 N–H and O–H groups in total. The van der Waals surface area contributed by atoms with Gasteiger partial charge in [-0.15, -0.1) is 0 Å². The van der Waals surface area contributed by atoms with Gasteiger partial charge in [-0.2, -0.15) is 0 Å². The molecule has 1 amide bonds. The van der Waals surface area contributed by atoms with Crippen LogP contribution in [0.3, 0.4) is 0 Å². The maximum absolute atomic E-state index is 11.9. The fraction of sp³-hybridized carbons (Fsp3) is 0. The molecule has 2 aromatic carbocycles. The van der Waals surface area contributed by atoms with Gasteiger partial charge in [-0.1, -0.05) is 49.0 Å². The van der Waals surface area contributed by atoms with E-state index in [1.165, 1.54) is 6.07 Å². The topological polar surface area (TPSA) is 80.4 Å². The molecule has 0 fully saturated rings. The van der Waals surface area contributed by atoms with E-state index in [1.54, 1.807) is 42.5 Å². The first-order chi connectivity index (χ1) is 9.56. The summed E-state index contributed by atoms with van der Waals surface area (Å²) in [4.78, 5) is 21.4. The lowest BCUT2D eigenvalue weighted by Gasteiger charge is -2.02. The molecule has 4 nitrogen and oxygen atoms in total. The first-order valence-corrected chi connectivity index (χ1v) is 5.86. The van der Waals surface area contributed by atoms with Gasteiger partial charge in [0.05, 0.1) is 5.56 Å². The van der Waals surface area contributed by atoms with Crippen LogP contribution in [0, 0.1) is 0 Å². The van der Waals surface area contributed by atoms with Crippen molar-refractivity contribution < 1.29 is 14.7 Å². The number of rotatable bonds is 3. The van der Waals surface area contributed by atoms with Crippen LogP contribution in [0.1, 0.15) is 15.9 Å². The highest BCUT2D eigenvalue weighted by Gasteiger charge is 2.11. The van der Waals surface area contributed by atoms with Gasteiger partial charge in [0.2, 0.25) is 5.91 Å². The van der Waals surface area contributed by atoms with E-state index in [2.05, 4.69) is 12.3 Å². The molecule has 0 spiro atoms. The zero-order valence-corrected chi connectivity index (χ0v) is 10.8. The summed E-state index contributed by atoms with van der Waals surface area (Å²) >= 11 is 0. The Morgan fingerprint density at radius 1 is 1.00 bits per heavy atom. The smallest absolute Gasteiger partial charge is 0.240 e. The van der Waals surface area contributed by atoms with Crippen LogP contribution in [-0.2, 0) is 4.79 Å². The summed E-state index contributed by atoms with van der Waals surface area (Å²) in [5.41, 5.74) is 5.45. The van der Waals surface area contributed by atoms with Gasteiger partial charge >= 0.3 is 0 Å². The molecule has 0 saturated heterocycles. The molecule has 0 bridgehead atoms. The Hall–Kier alpha value is -2.88. The van der Waals surface area contributed by atoms with Crippen LogP contribution in [0.2, 0.25) is 0 Å². The molecule has 0 aliphatic heterocycles. The molecule has 4 heteroatoms. The molecular weight excluding hydrogens is 254 g/mol. The number of benzene rings is 2. The van der Waals surface area contributed by atoms with Crippen LogP contribution in [0.15, 0.2) is 67.3 Å². The molecule has 2 aromatic rings. The maximum Gasteiger partial charge on any atom is 0.240 e. The molecule has 0 heterocycles. The Bertz CT molecular complexity index is 606. The lowest BCUT2D eigenvalue weighted by molar-refractivity contribution is -0.113. The number of nitrogens with two attached hydrogens (primary N) is 1. The highest BCUT2D eigenvalue weighted by atomic mass is 16.3. The van der Waals surface area contributed by atoms with E-state index in [4.69, 9.17) is 0 Å². The number of aromatic hydroxyl groups is 1. The third-order valence-electron chi connectivity index (χ3n) is 2.39. The normalized spacial score (nSPS) is 9.00. The number of amides is 1. The molecule has 0 aromatic heterocycles. The number of hydrogen-bond donors (Lipinski definition) is 2. The monoisotopic (exact) mass is 269 g/mol. The van der Waals surface area contributed by atoms with E-state index < -0.39 is 5.91 Å². The molecule has 102 valence electrons. The SMILES string of the molecule is C=CC(N)=O.O=C(c1ccccc1)c1ccccc1O. The standard InChI is InChI=1S/C13H10O2.C3H5NO/c14-12-9-5-4-8-11(12)13(15)10-6-2-1-3-7-10;1-2-3(4)5/h1-9,14H;2H,1H2,(H2,4,5). The van der Waals surface area contributed by atoms with E-state index in [0.717, 1.165) is 6.08 Å². The minimum absolute atomic E-state index is 0.0198. The minimum Gasteiger partial charge on any atom is -0.507 e. The number of carbonyl (C=O) groups is 2. The lowest BCUT2D eigenvalue weighted by atomic mass is 10.0. The van der Waals surface area contributed by atoms with Crippen LogP contribution >= 0.6 is 0 Å². The van der Waals surface area contributed by atoms with Crippen molar-refractivity contribution in [1.29, 1.82) is 0 Å². The van der Waals surface area contributed by atoms with Crippen molar-refractivity contribution >= 4 is 11.7 Å². The Labute approximate surface area is 117 Å². The van der Waals surface area contributed by atoms with E-state index in [-0.39, 0.29) is 11.5 Å². The van der Waals surface area contributed by atoms with Crippen molar-refractivity contribution in [3.63, 3.8) is 0 Å². The molecule has 0 aliphatic carbocycles. The van der Waals surface area contributed by atoms with Gasteiger partial charge in [0.25, 0.3) is 0 Å². The Morgan fingerprint density at radius 3 is 2.00 bits per heavy atom. The summed E-state index contributed by atoms with van der Waals surface area (Å²) in [5, 5.41) is 9.52. The number of primary amides is 1. The van der Waals surface area contributed by atoms with Crippen molar-refractivity contribution in [3.05, 3.63) is 78.4 Å². The largest absolute Gasteiger partial charge is 0.507 e. The number of phenols is 1. The Balaban J connectivity index is 0.000000347. The predicted octanol–water partition coefficient (Wildman–Crippen LogP) is 2.28. The van der Waals surface area contributed by atoms with Gasteiger partial charge in [-0.3, -0.25) is 9.59 Å². The van der Waals surface area contributed by atoms with Gasteiger partial charge < -0.3 is 10.8 Å². The summed E-state index contributed by atoms with van der Waals surface area (Å²) in [6.07, 6.45) is 1.06. The van der Waals surface area contributed by atoms with Crippen LogP contribution in [0.4, 0.5) is 0 Å². The molecule has 0 unspecified atom stereocenters. The van der Waals surface area contributed by atoms with Gasteiger partial charge in [0, 0.05) is 5.56 Å². The van der Waals surface area contributed by atoms with E-state index in [1.807, 2.05) is 6.07 Å². The molecule has 0 saturated carbocycles. The summed E-state index contributed by atoms with van der Waals surface area (Å²) in [6, 6.07) is 15.5. The van der Waals surface area contributed by atoms with E-state index in [9.17, 15) is 14.7 Å². The van der Waals surface area contributed by atoms with Crippen LogP contribution in [0.5, 0.6) is 5.75 Å². The second kappa shape index (κ2) is 7.53. The van der Waals surface area contributed by atoms with E-state index in [0.29, 0.717) is 11.1 Å². The first kappa shape index (κ1) is 15.2. The summed E-state index contributed by atoms with van der Waals surface area (Å²) in [5.74, 6) is -0.620. The van der Waals surface area contributed by atoms with Crippen LogP contribution in [0.25, 0.3) is 0 Å². The zero-order chi connectivity index (χ0) is 15.0. The van der Waals surface area contributed by atoms with Gasteiger partial charge in [-0.25, -0.2) is 0 Å². The summed E-state index contributed by atoms with van der Waals surface area (Å²) in [7, 11) is 0. The average molecular weight is 269 g/mol. The number of hydrogen-bond acceptors (Lipinski definition) is 3. The van der Waals surface area contributed by atoms with Gasteiger partial charge in [-0.05, 0) is 18.2 Å². The number of ketones is 1. The zero-order valence-electron chi connectivity index (χ0n) is 10.8. The number of carbonyl (C=O) groups excluding carboxylic acids is 2. The molecule has 0 atom stereocenters. The minimum atomic E-state index is -0.481. The third-order valence-corrected chi connectivity index (χ3v) is 2.39. The maximum atomic E-state index is 11.9.